The van der Waals surface area contributed by atoms with E-state index in [0.717, 1.165) is 0 Å². The third-order valence-electron chi connectivity index (χ3n) is 0.121. The van der Waals surface area contributed by atoms with Crippen LogP contribution in [0.2, 0.25) is 0 Å². The third kappa shape index (κ3) is 2.94. The quantitative estimate of drug-likeness (QED) is 0.224. The van der Waals surface area contributed by atoms with Crippen LogP contribution in [-0.4, -0.2) is 5.87 Å². The van der Waals surface area contributed by atoms with Gasteiger partial charge in [-0.15, -0.1) is 4.95 Å². The second-order valence-electron chi connectivity index (χ2n) is 0.358. The van der Waals surface area contributed by atoms with Gasteiger partial charge in [-0.1, -0.05) is 0 Å². The van der Waals surface area contributed by atoms with Crippen molar-refractivity contribution in [1.29, 1.82) is 0 Å². The molecule has 0 radical (unpaired) electrons. The van der Waals surface area contributed by atoms with Crippen molar-refractivity contribution >= 4 is 5.87 Å². The van der Waals surface area contributed by atoms with Gasteiger partial charge in [-0.3, -0.25) is 0 Å². The molecule has 2 heteroatoms. The minimum atomic E-state index is 2.04. The van der Waals surface area contributed by atoms with Crippen LogP contribution in [0.4, 0.5) is 0 Å². The van der Waals surface area contributed by atoms with E-state index in [1.54, 1.807) is 0 Å². The Bertz CT molecular complexity index is 92.0. The molecule has 2 nitrogen and oxygen atoms in total. The fourth-order valence-corrected chi connectivity index (χ4v) is 0.0354. The molecule has 0 rings (SSSR count). The van der Waals surface area contributed by atoms with E-state index in [1.165, 1.54) is 0 Å². The lowest BCUT2D eigenvalue weighted by Crippen LogP contribution is -1.30. The zero-order valence-corrected chi connectivity index (χ0v) is 2.60. The first-order valence-electron chi connectivity index (χ1n) is 1.00. The third-order valence-corrected chi connectivity index (χ3v) is 0.121. The molecule has 0 spiro atoms. The van der Waals surface area contributed by atoms with Crippen molar-refractivity contribution < 1.29 is 0 Å². The van der Waals surface area contributed by atoms with E-state index in [4.69, 9.17) is 6.57 Å². The summed E-state index contributed by atoms with van der Waals surface area (Å²) >= 11 is 0. The highest BCUT2D eigenvalue weighted by atomic mass is 15.1. The molecule has 0 aromatic heterocycles. The second kappa shape index (κ2) is 2.94. The van der Waals surface area contributed by atoms with E-state index in [1.807, 2.05) is 5.87 Å². The van der Waals surface area contributed by atoms with Gasteiger partial charge in [-0.25, -0.2) is 0 Å². The average molecular weight is 66.1 g/mol. The lowest BCUT2D eigenvalue weighted by atomic mass is 11.2. The van der Waals surface area contributed by atoms with Gasteiger partial charge in [0.25, 0.3) is 0 Å². The molecule has 0 aliphatic rings. The molecule has 24 valence electrons. The Hall–Kier alpha value is -1.06. The first kappa shape index (κ1) is 3.94. The van der Waals surface area contributed by atoms with E-state index < -0.39 is 0 Å². The van der Waals surface area contributed by atoms with Crippen molar-refractivity contribution in [2.45, 2.75) is 0 Å². The van der Waals surface area contributed by atoms with Gasteiger partial charge in [-0.2, -0.15) is 6.57 Å². The van der Waals surface area contributed by atoms with Crippen molar-refractivity contribution in [3.63, 3.8) is 0 Å². The summed E-state index contributed by atoms with van der Waals surface area (Å²) in [4.78, 5) is 2.56. The van der Waals surface area contributed by atoms with Crippen LogP contribution in [0, 0.1) is 6.57 Å². The van der Waals surface area contributed by atoms with Gasteiger partial charge in [0, 0.05) is 0 Å². The summed E-state index contributed by atoms with van der Waals surface area (Å²) in [6, 6.07) is 0. The standard InChI is InChI=1S/C3H2N2/c1-3-5-4-2/h1H2. The fraction of sp³-hybridized carbons (Fsp3) is 0. The van der Waals surface area contributed by atoms with E-state index in [9.17, 15) is 0 Å². The Kier molecular flexibility index (Phi) is 2.32. The Labute approximate surface area is 30.2 Å². The maximum Gasteiger partial charge on any atom is 0.136 e. The fourth-order valence-electron chi connectivity index (χ4n) is 0.0354. The largest absolute Gasteiger partial charge is 0.180 e. The molecule has 0 amide bonds. The molecule has 0 N–H and O–H groups in total. The molecule has 0 fully saturated rings. The summed E-state index contributed by atoms with van der Waals surface area (Å²) in [7, 11) is 0. The van der Waals surface area contributed by atoms with Gasteiger partial charge < -0.3 is 0 Å². The normalized spacial score (nSPS) is 3.80. The van der Waals surface area contributed by atoms with Crippen LogP contribution in [0.1, 0.15) is 0 Å². The predicted molar refractivity (Wildman–Crippen MR) is 19.7 cm³/mol. The second-order valence-corrected chi connectivity index (χ2v) is 0.358. The number of nitrogens with zero attached hydrogens (tertiary/aromatic N) is 2. The van der Waals surface area contributed by atoms with Crippen LogP contribution in [0.25, 0.3) is 4.95 Å². The van der Waals surface area contributed by atoms with Crippen LogP contribution in [-0.2, 0) is 0 Å². The van der Waals surface area contributed by atoms with Gasteiger partial charge >= 0.3 is 0 Å². The molecule has 0 aromatic rings. The molecule has 0 aromatic carbocycles. The predicted octanol–water partition coefficient (Wildman–Crippen LogP) is 0.676. The molecule has 0 aliphatic carbocycles. The first-order valence-corrected chi connectivity index (χ1v) is 1.00. The Morgan fingerprint density at radius 3 is 2.60 bits per heavy atom. The zero-order valence-electron chi connectivity index (χ0n) is 2.60. The molecule has 0 saturated heterocycles. The Morgan fingerprint density at radius 1 is 2.00 bits per heavy atom. The molecule has 0 heterocycles. The minimum Gasteiger partial charge on any atom is -0.180 e. The molecule has 0 aliphatic heterocycles. The highest BCUT2D eigenvalue weighted by molar-refractivity contribution is 5.46. The zero-order chi connectivity index (χ0) is 4.12. The summed E-state index contributed by atoms with van der Waals surface area (Å²) in [6.45, 7) is 9.00. The number of rotatable bonds is 0. The molecule has 0 saturated carbocycles. The van der Waals surface area contributed by atoms with Crippen molar-refractivity contribution in [2.75, 3.05) is 0 Å². The molecular weight excluding hydrogens is 64.0 g/mol. The lowest BCUT2D eigenvalue weighted by molar-refractivity contribution is 1.62. The number of hydrogen-bond donors (Lipinski definition) is 0. The summed E-state index contributed by atoms with van der Waals surface area (Å²) in [6.07, 6.45) is 0. The van der Waals surface area contributed by atoms with Crippen LogP contribution in [0.3, 0.4) is 0 Å². The highest BCUT2D eigenvalue weighted by Gasteiger charge is 1.40. The van der Waals surface area contributed by atoms with Gasteiger partial charge in [0.15, 0.2) is 0 Å². The van der Waals surface area contributed by atoms with E-state index in [2.05, 4.69) is 16.6 Å². The van der Waals surface area contributed by atoms with E-state index in [-0.39, 0.29) is 0 Å². The summed E-state index contributed by atoms with van der Waals surface area (Å²) in [5, 5.41) is 2.90. The van der Waals surface area contributed by atoms with Crippen LogP contribution in [0.15, 0.2) is 11.7 Å². The lowest BCUT2D eigenvalue weighted by Gasteiger charge is -1.37. The summed E-state index contributed by atoms with van der Waals surface area (Å²) in [5.41, 5.74) is 0. The molecule has 0 bridgehead atoms. The Morgan fingerprint density at radius 2 is 2.60 bits per heavy atom. The molecule has 5 heavy (non-hydrogen) atoms. The highest BCUT2D eigenvalue weighted by Crippen LogP contribution is 1.53. The molecular formula is C3H2N2. The van der Waals surface area contributed by atoms with Crippen LogP contribution >= 0.6 is 0 Å². The van der Waals surface area contributed by atoms with Gasteiger partial charge in [0.05, 0.1) is 5.87 Å². The van der Waals surface area contributed by atoms with Crippen molar-refractivity contribution in [3.8, 4) is 0 Å². The summed E-state index contributed by atoms with van der Waals surface area (Å²) in [5.74, 6) is 2.04. The van der Waals surface area contributed by atoms with Gasteiger partial charge in [-0.05, 0) is 6.58 Å². The van der Waals surface area contributed by atoms with Crippen LogP contribution < -0.4 is 0 Å². The average Bonchev–Trinajstić information content (AvgIpc) is 1.41. The van der Waals surface area contributed by atoms with Crippen LogP contribution in [0.5, 0.6) is 0 Å². The summed E-state index contributed by atoms with van der Waals surface area (Å²) < 4.78 is 0. The molecule has 0 atom stereocenters. The van der Waals surface area contributed by atoms with Crippen molar-refractivity contribution in [2.24, 2.45) is 5.10 Å². The molecule has 0 unspecified atom stereocenters. The van der Waals surface area contributed by atoms with Gasteiger partial charge in [0.1, 0.15) is 5.10 Å². The smallest absolute Gasteiger partial charge is 0.136 e. The monoisotopic (exact) mass is 66.0 g/mol. The minimum absolute atomic E-state index is 2.04. The van der Waals surface area contributed by atoms with Crippen molar-refractivity contribution in [1.82, 2.24) is 0 Å². The van der Waals surface area contributed by atoms with Crippen molar-refractivity contribution in [3.05, 3.63) is 18.1 Å². The van der Waals surface area contributed by atoms with E-state index in [0.29, 0.717) is 0 Å². The number of hydrogen-bond acceptors (Lipinski definition) is 1. The maximum atomic E-state index is 5.96. The first-order chi connectivity index (χ1) is 2.41. The van der Waals surface area contributed by atoms with E-state index >= 15 is 0 Å². The maximum absolute atomic E-state index is 5.96. The SMILES string of the molecule is [C-]#[N+]N=C=C. The topological polar surface area (TPSA) is 16.7 Å². The Balaban J connectivity index is 3.46. The van der Waals surface area contributed by atoms with Gasteiger partial charge in [0.2, 0.25) is 0 Å².